The molecule has 6 heteroatoms. The molecule has 3 rings (SSSR count). The molecule has 0 saturated carbocycles. The molecule has 1 atom stereocenters. The molecule has 21 heavy (non-hydrogen) atoms. The van der Waals surface area contributed by atoms with Crippen molar-refractivity contribution in [3.8, 4) is 0 Å². The molecule has 0 bridgehead atoms. The number of benzene rings is 1. The molecule has 0 spiro atoms. The molecule has 1 unspecified atom stereocenters. The lowest BCUT2D eigenvalue weighted by atomic mass is 10.0. The zero-order valence-corrected chi connectivity index (χ0v) is 13.3. The van der Waals surface area contributed by atoms with Crippen LogP contribution in [0.4, 0.5) is 5.69 Å². The number of nitrogens with zero attached hydrogens (tertiary/aromatic N) is 2. The van der Waals surface area contributed by atoms with Gasteiger partial charge in [-0.15, -0.1) is 0 Å². The van der Waals surface area contributed by atoms with E-state index >= 15 is 0 Å². The van der Waals surface area contributed by atoms with E-state index in [-0.39, 0.29) is 11.5 Å². The first-order chi connectivity index (χ1) is 9.85. The lowest BCUT2D eigenvalue weighted by Crippen LogP contribution is -2.32. The Balaban J connectivity index is 2.22. The van der Waals surface area contributed by atoms with Crippen molar-refractivity contribution in [3.05, 3.63) is 24.0 Å². The molecule has 5 nitrogen and oxygen atoms in total. The minimum absolute atomic E-state index is 0.187. The molecule has 2 N–H and O–H groups in total. The van der Waals surface area contributed by atoms with Crippen LogP contribution in [0.25, 0.3) is 11.0 Å². The zero-order chi connectivity index (χ0) is 15.3. The second-order valence-corrected chi connectivity index (χ2v) is 8.38. The van der Waals surface area contributed by atoms with Gasteiger partial charge in [-0.25, -0.2) is 13.4 Å². The number of sulfone groups is 1. The minimum atomic E-state index is -2.96. The third kappa shape index (κ3) is 2.41. The van der Waals surface area contributed by atoms with Gasteiger partial charge < -0.3 is 10.3 Å². The molecule has 1 aliphatic rings. The normalized spacial score (nSPS) is 24.7. The summed E-state index contributed by atoms with van der Waals surface area (Å²) in [6.07, 6.45) is 2.45. The molecular weight excluding hydrogens is 286 g/mol. The summed E-state index contributed by atoms with van der Waals surface area (Å²) in [4.78, 5) is 4.69. The van der Waals surface area contributed by atoms with Gasteiger partial charge in [0.2, 0.25) is 0 Å². The van der Waals surface area contributed by atoms with Crippen molar-refractivity contribution in [3.63, 3.8) is 0 Å². The molecule has 2 aromatic rings. The number of fused-ring (bicyclic) bond motifs is 1. The number of aryl methyl sites for hydroxylation is 1. The SMILES string of the molecule is CCCc1nc2cc(N)ccc2n1C1(C)CCS(=O)(=O)C1. The van der Waals surface area contributed by atoms with E-state index in [1.165, 1.54) is 0 Å². The Labute approximate surface area is 125 Å². The van der Waals surface area contributed by atoms with Crippen LogP contribution >= 0.6 is 0 Å². The van der Waals surface area contributed by atoms with E-state index in [1.807, 2.05) is 25.1 Å². The quantitative estimate of drug-likeness (QED) is 0.881. The maximum absolute atomic E-state index is 11.9. The molecule has 1 fully saturated rings. The van der Waals surface area contributed by atoms with Crippen LogP contribution in [0.2, 0.25) is 0 Å². The molecule has 1 aromatic heterocycles. The fourth-order valence-electron chi connectivity index (χ4n) is 3.31. The lowest BCUT2D eigenvalue weighted by molar-refractivity contribution is 0.363. The summed E-state index contributed by atoms with van der Waals surface area (Å²) in [5.41, 5.74) is 7.94. The molecule has 0 radical (unpaired) electrons. The van der Waals surface area contributed by atoms with Crippen LogP contribution in [0, 0.1) is 0 Å². The third-order valence-electron chi connectivity index (χ3n) is 4.24. The first-order valence-corrected chi connectivity index (χ1v) is 9.14. The highest BCUT2D eigenvalue weighted by molar-refractivity contribution is 7.91. The van der Waals surface area contributed by atoms with E-state index in [2.05, 4.69) is 16.5 Å². The monoisotopic (exact) mass is 307 g/mol. The predicted octanol–water partition coefficient (Wildman–Crippen LogP) is 2.10. The van der Waals surface area contributed by atoms with Crippen molar-refractivity contribution in [1.82, 2.24) is 9.55 Å². The number of hydrogen-bond donors (Lipinski definition) is 1. The van der Waals surface area contributed by atoms with Crippen molar-refractivity contribution >= 4 is 26.6 Å². The molecule has 1 aromatic carbocycles. The standard InChI is InChI=1S/C15H21N3O2S/c1-3-4-14-17-12-9-11(16)5-6-13(12)18(14)15(2)7-8-21(19,20)10-15/h5-6,9H,3-4,7-8,10,16H2,1-2H3. The summed E-state index contributed by atoms with van der Waals surface area (Å²) in [7, 11) is -2.96. The van der Waals surface area contributed by atoms with Gasteiger partial charge in [-0.2, -0.15) is 0 Å². The van der Waals surface area contributed by atoms with Crippen LogP contribution in [0.5, 0.6) is 0 Å². The first-order valence-electron chi connectivity index (χ1n) is 7.32. The van der Waals surface area contributed by atoms with Crippen LogP contribution in [0.1, 0.15) is 32.5 Å². The highest BCUT2D eigenvalue weighted by Crippen LogP contribution is 2.35. The number of hydrogen-bond acceptors (Lipinski definition) is 4. The summed E-state index contributed by atoms with van der Waals surface area (Å²) in [6.45, 7) is 4.12. The topological polar surface area (TPSA) is 78.0 Å². The van der Waals surface area contributed by atoms with Gasteiger partial charge in [0.1, 0.15) is 5.82 Å². The summed E-state index contributed by atoms with van der Waals surface area (Å²) in [5, 5.41) is 0. The summed E-state index contributed by atoms with van der Waals surface area (Å²) in [6, 6.07) is 5.66. The number of nitrogens with two attached hydrogens (primary N) is 1. The highest BCUT2D eigenvalue weighted by atomic mass is 32.2. The minimum Gasteiger partial charge on any atom is -0.399 e. The maximum Gasteiger partial charge on any atom is 0.152 e. The Morgan fingerprint density at radius 3 is 2.81 bits per heavy atom. The number of rotatable bonds is 3. The van der Waals surface area contributed by atoms with E-state index in [4.69, 9.17) is 5.73 Å². The van der Waals surface area contributed by atoms with Crippen molar-refractivity contribution in [1.29, 1.82) is 0 Å². The molecule has 0 amide bonds. The van der Waals surface area contributed by atoms with Crippen LogP contribution in [0.15, 0.2) is 18.2 Å². The van der Waals surface area contributed by atoms with Crippen LogP contribution in [-0.2, 0) is 21.8 Å². The van der Waals surface area contributed by atoms with Gasteiger partial charge in [-0.05, 0) is 38.0 Å². The van der Waals surface area contributed by atoms with Crippen molar-refractivity contribution in [2.45, 2.75) is 38.6 Å². The molecule has 114 valence electrons. The van der Waals surface area contributed by atoms with Crippen molar-refractivity contribution < 1.29 is 8.42 Å². The van der Waals surface area contributed by atoms with Gasteiger partial charge in [-0.1, -0.05) is 6.92 Å². The Hall–Kier alpha value is -1.56. The number of anilines is 1. The second-order valence-electron chi connectivity index (χ2n) is 6.20. The van der Waals surface area contributed by atoms with Gasteiger partial charge in [0.05, 0.1) is 28.1 Å². The van der Waals surface area contributed by atoms with Gasteiger partial charge in [0.25, 0.3) is 0 Å². The van der Waals surface area contributed by atoms with Crippen molar-refractivity contribution in [2.24, 2.45) is 0 Å². The summed E-state index contributed by atoms with van der Waals surface area (Å²) >= 11 is 0. The predicted molar refractivity (Wildman–Crippen MR) is 85.1 cm³/mol. The molecule has 1 saturated heterocycles. The Morgan fingerprint density at radius 2 is 2.19 bits per heavy atom. The zero-order valence-electron chi connectivity index (χ0n) is 12.5. The van der Waals surface area contributed by atoms with E-state index in [0.29, 0.717) is 12.1 Å². The Bertz CT molecular complexity index is 795. The van der Waals surface area contributed by atoms with Crippen LogP contribution in [0.3, 0.4) is 0 Å². The summed E-state index contributed by atoms with van der Waals surface area (Å²) < 4.78 is 26.0. The van der Waals surface area contributed by atoms with E-state index < -0.39 is 15.4 Å². The molecule has 1 aliphatic heterocycles. The first kappa shape index (κ1) is 14.4. The van der Waals surface area contributed by atoms with Gasteiger partial charge in [0, 0.05) is 12.1 Å². The van der Waals surface area contributed by atoms with E-state index in [9.17, 15) is 8.42 Å². The smallest absolute Gasteiger partial charge is 0.152 e. The van der Waals surface area contributed by atoms with Gasteiger partial charge in [-0.3, -0.25) is 0 Å². The fraction of sp³-hybridized carbons (Fsp3) is 0.533. The third-order valence-corrected chi connectivity index (χ3v) is 6.13. The average molecular weight is 307 g/mol. The average Bonchev–Trinajstić information content (AvgIpc) is 2.87. The van der Waals surface area contributed by atoms with E-state index in [0.717, 1.165) is 29.7 Å². The second kappa shape index (κ2) is 4.73. The molecule has 0 aliphatic carbocycles. The van der Waals surface area contributed by atoms with Crippen LogP contribution in [-0.4, -0.2) is 29.5 Å². The van der Waals surface area contributed by atoms with Gasteiger partial charge >= 0.3 is 0 Å². The number of imidazole rings is 1. The maximum atomic E-state index is 11.9. The summed E-state index contributed by atoms with van der Waals surface area (Å²) in [5.74, 6) is 1.40. The lowest BCUT2D eigenvalue weighted by Gasteiger charge is -2.27. The Kier molecular flexibility index (Phi) is 3.24. The number of aromatic nitrogens is 2. The fourth-order valence-corrected chi connectivity index (χ4v) is 5.43. The highest BCUT2D eigenvalue weighted by Gasteiger charge is 2.41. The van der Waals surface area contributed by atoms with Crippen LogP contribution < -0.4 is 5.73 Å². The van der Waals surface area contributed by atoms with Gasteiger partial charge in [0.15, 0.2) is 9.84 Å². The Morgan fingerprint density at radius 1 is 1.43 bits per heavy atom. The van der Waals surface area contributed by atoms with Crippen molar-refractivity contribution in [2.75, 3.05) is 17.2 Å². The largest absolute Gasteiger partial charge is 0.399 e. The molecular formula is C15H21N3O2S. The van der Waals surface area contributed by atoms with E-state index in [1.54, 1.807) is 0 Å². The number of nitrogen functional groups attached to an aromatic ring is 1. The molecule has 2 heterocycles.